The summed E-state index contributed by atoms with van der Waals surface area (Å²) in [5, 5.41) is 4.40. The standard InChI is InChI=1S/C13H16N4O/c1-18-11-4-2-3-10-12(11)15-9-16-13(10)17-7-5-14-6-8-17/h2-4,9,14H,5-8H2,1H3. The summed E-state index contributed by atoms with van der Waals surface area (Å²) in [7, 11) is 1.67. The summed E-state index contributed by atoms with van der Waals surface area (Å²) >= 11 is 0. The van der Waals surface area contributed by atoms with Gasteiger partial charge in [0, 0.05) is 31.6 Å². The van der Waals surface area contributed by atoms with Crippen LogP contribution in [0.15, 0.2) is 24.5 Å². The van der Waals surface area contributed by atoms with Crippen LogP contribution in [0.3, 0.4) is 0 Å². The van der Waals surface area contributed by atoms with E-state index in [4.69, 9.17) is 4.74 Å². The second-order valence-corrected chi connectivity index (χ2v) is 4.29. The summed E-state index contributed by atoms with van der Waals surface area (Å²) in [5.41, 5.74) is 0.878. The zero-order valence-corrected chi connectivity index (χ0v) is 10.4. The molecule has 18 heavy (non-hydrogen) atoms. The van der Waals surface area contributed by atoms with Crippen LogP contribution in [0.2, 0.25) is 0 Å². The number of nitrogens with zero attached hydrogens (tertiary/aromatic N) is 3. The van der Waals surface area contributed by atoms with Gasteiger partial charge in [-0.15, -0.1) is 0 Å². The lowest BCUT2D eigenvalue weighted by Crippen LogP contribution is -2.44. The van der Waals surface area contributed by atoms with Gasteiger partial charge in [0.1, 0.15) is 23.4 Å². The summed E-state index contributed by atoms with van der Waals surface area (Å²) < 4.78 is 5.35. The number of nitrogens with one attached hydrogen (secondary N) is 1. The summed E-state index contributed by atoms with van der Waals surface area (Å²) in [6.45, 7) is 3.94. The molecule has 2 aromatic rings. The molecule has 1 saturated heterocycles. The van der Waals surface area contributed by atoms with Gasteiger partial charge < -0.3 is 15.0 Å². The molecule has 1 N–H and O–H groups in total. The summed E-state index contributed by atoms with van der Waals surface area (Å²) in [6.07, 6.45) is 1.61. The lowest BCUT2D eigenvalue weighted by Gasteiger charge is -2.29. The summed E-state index contributed by atoms with van der Waals surface area (Å²) in [4.78, 5) is 11.1. The molecule has 5 nitrogen and oxygen atoms in total. The number of hydrogen-bond acceptors (Lipinski definition) is 5. The van der Waals surface area contributed by atoms with Crippen molar-refractivity contribution >= 4 is 16.7 Å². The second kappa shape index (κ2) is 4.78. The molecule has 0 radical (unpaired) electrons. The van der Waals surface area contributed by atoms with Crippen LogP contribution in [-0.2, 0) is 0 Å². The first-order valence-electron chi connectivity index (χ1n) is 6.13. The minimum absolute atomic E-state index is 0.797. The number of piperazine rings is 1. The molecule has 1 aromatic heterocycles. The molecule has 0 atom stereocenters. The number of rotatable bonds is 2. The average molecular weight is 244 g/mol. The Bertz CT molecular complexity index is 552. The van der Waals surface area contributed by atoms with E-state index in [-0.39, 0.29) is 0 Å². The van der Waals surface area contributed by atoms with Crippen molar-refractivity contribution in [3.05, 3.63) is 24.5 Å². The van der Waals surface area contributed by atoms with Crippen molar-refractivity contribution in [2.75, 3.05) is 38.2 Å². The molecule has 0 saturated carbocycles. The predicted octanol–water partition coefficient (Wildman–Crippen LogP) is 1.05. The largest absolute Gasteiger partial charge is 0.494 e. The Labute approximate surface area is 106 Å². The Morgan fingerprint density at radius 3 is 2.83 bits per heavy atom. The Balaban J connectivity index is 2.11. The third kappa shape index (κ3) is 1.86. The SMILES string of the molecule is COc1cccc2c(N3CCNCC3)ncnc12. The molecule has 94 valence electrons. The van der Waals surface area contributed by atoms with Crippen molar-refractivity contribution < 1.29 is 4.74 Å². The number of aromatic nitrogens is 2. The number of para-hydroxylation sites is 1. The van der Waals surface area contributed by atoms with Crippen LogP contribution < -0.4 is 15.0 Å². The van der Waals surface area contributed by atoms with Crippen LogP contribution in [0.1, 0.15) is 0 Å². The van der Waals surface area contributed by atoms with Gasteiger partial charge in [-0.2, -0.15) is 0 Å². The molecule has 3 rings (SSSR count). The Hall–Kier alpha value is -1.88. The maximum Gasteiger partial charge on any atom is 0.145 e. The van der Waals surface area contributed by atoms with Crippen molar-refractivity contribution in [1.82, 2.24) is 15.3 Å². The smallest absolute Gasteiger partial charge is 0.145 e. The van der Waals surface area contributed by atoms with Crippen molar-refractivity contribution in [3.8, 4) is 5.75 Å². The van der Waals surface area contributed by atoms with Crippen molar-refractivity contribution in [2.24, 2.45) is 0 Å². The molecule has 0 aliphatic carbocycles. The van der Waals surface area contributed by atoms with E-state index in [0.29, 0.717) is 0 Å². The van der Waals surface area contributed by atoms with Gasteiger partial charge in [0.25, 0.3) is 0 Å². The monoisotopic (exact) mass is 244 g/mol. The fourth-order valence-corrected chi connectivity index (χ4v) is 2.34. The predicted molar refractivity (Wildman–Crippen MR) is 71.2 cm³/mol. The van der Waals surface area contributed by atoms with Gasteiger partial charge in [0.15, 0.2) is 0 Å². The van der Waals surface area contributed by atoms with E-state index in [1.54, 1.807) is 13.4 Å². The van der Waals surface area contributed by atoms with Crippen LogP contribution in [0.4, 0.5) is 5.82 Å². The highest BCUT2D eigenvalue weighted by Crippen LogP contribution is 2.29. The average Bonchev–Trinajstić information content (AvgIpc) is 2.47. The van der Waals surface area contributed by atoms with Crippen molar-refractivity contribution in [2.45, 2.75) is 0 Å². The Morgan fingerprint density at radius 1 is 1.22 bits per heavy atom. The quantitative estimate of drug-likeness (QED) is 0.855. The number of fused-ring (bicyclic) bond motifs is 1. The van der Waals surface area contributed by atoms with Gasteiger partial charge >= 0.3 is 0 Å². The van der Waals surface area contributed by atoms with E-state index in [1.807, 2.05) is 12.1 Å². The van der Waals surface area contributed by atoms with Crippen molar-refractivity contribution in [3.63, 3.8) is 0 Å². The molecule has 0 unspecified atom stereocenters. The number of benzene rings is 1. The first-order chi connectivity index (χ1) is 8.90. The van der Waals surface area contributed by atoms with Gasteiger partial charge in [-0.05, 0) is 12.1 Å². The molecule has 0 spiro atoms. The molecular formula is C13H16N4O. The molecule has 0 amide bonds. The highest BCUT2D eigenvalue weighted by Gasteiger charge is 2.16. The molecule has 1 aliphatic heterocycles. The van der Waals surface area contributed by atoms with Gasteiger partial charge in [0.05, 0.1) is 7.11 Å². The maximum atomic E-state index is 5.35. The van der Waals surface area contributed by atoms with E-state index < -0.39 is 0 Å². The molecule has 1 fully saturated rings. The fraction of sp³-hybridized carbons (Fsp3) is 0.385. The third-order valence-electron chi connectivity index (χ3n) is 3.24. The highest BCUT2D eigenvalue weighted by molar-refractivity contribution is 5.93. The topological polar surface area (TPSA) is 50.3 Å². The van der Waals surface area contributed by atoms with Crippen LogP contribution in [0, 0.1) is 0 Å². The number of methoxy groups -OCH3 is 1. The van der Waals surface area contributed by atoms with E-state index in [2.05, 4.69) is 26.3 Å². The number of ether oxygens (including phenoxy) is 1. The van der Waals surface area contributed by atoms with Crippen LogP contribution in [0.5, 0.6) is 5.75 Å². The van der Waals surface area contributed by atoms with E-state index >= 15 is 0 Å². The molecule has 1 aliphatic rings. The van der Waals surface area contributed by atoms with E-state index in [1.165, 1.54) is 0 Å². The lowest BCUT2D eigenvalue weighted by molar-refractivity contribution is 0.419. The van der Waals surface area contributed by atoms with Gasteiger partial charge in [0.2, 0.25) is 0 Å². The zero-order valence-electron chi connectivity index (χ0n) is 10.4. The molecule has 1 aromatic carbocycles. The number of anilines is 1. The molecule has 5 heteroatoms. The zero-order chi connectivity index (χ0) is 12.4. The fourth-order valence-electron chi connectivity index (χ4n) is 2.34. The molecule has 0 bridgehead atoms. The van der Waals surface area contributed by atoms with Crippen LogP contribution >= 0.6 is 0 Å². The lowest BCUT2D eigenvalue weighted by atomic mass is 10.2. The molecule has 2 heterocycles. The van der Waals surface area contributed by atoms with Crippen molar-refractivity contribution in [1.29, 1.82) is 0 Å². The van der Waals surface area contributed by atoms with E-state index in [9.17, 15) is 0 Å². The normalized spacial score (nSPS) is 15.9. The summed E-state index contributed by atoms with van der Waals surface area (Å²) in [6, 6.07) is 5.96. The minimum Gasteiger partial charge on any atom is -0.494 e. The first kappa shape index (κ1) is 11.2. The Kier molecular flexibility index (Phi) is 2.98. The maximum absolute atomic E-state index is 5.35. The Morgan fingerprint density at radius 2 is 2.06 bits per heavy atom. The summed E-state index contributed by atoms with van der Waals surface area (Å²) in [5.74, 6) is 1.80. The van der Waals surface area contributed by atoms with E-state index in [0.717, 1.165) is 48.6 Å². The van der Waals surface area contributed by atoms with Crippen LogP contribution in [0.25, 0.3) is 10.9 Å². The van der Waals surface area contributed by atoms with Gasteiger partial charge in [-0.1, -0.05) is 6.07 Å². The minimum atomic E-state index is 0.797. The van der Waals surface area contributed by atoms with Crippen LogP contribution in [-0.4, -0.2) is 43.3 Å². The first-order valence-corrected chi connectivity index (χ1v) is 6.13. The number of hydrogen-bond donors (Lipinski definition) is 1. The van der Waals surface area contributed by atoms with Gasteiger partial charge in [-0.3, -0.25) is 0 Å². The second-order valence-electron chi connectivity index (χ2n) is 4.29. The van der Waals surface area contributed by atoms with Gasteiger partial charge in [-0.25, -0.2) is 9.97 Å². The molecular weight excluding hydrogens is 228 g/mol. The third-order valence-corrected chi connectivity index (χ3v) is 3.24. The highest BCUT2D eigenvalue weighted by atomic mass is 16.5.